The van der Waals surface area contributed by atoms with E-state index in [1.165, 1.54) is 0 Å². The summed E-state index contributed by atoms with van der Waals surface area (Å²) in [4.78, 5) is 0. The summed E-state index contributed by atoms with van der Waals surface area (Å²) in [7, 11) is -1.07. The van der Waals surface area contributed by atoms with Crippen LogP contribution in [0.5, 0.6) is 0 Å². The van der Waals surface area contributed by atoms with Crippen molar-refractivity contribution in [2.75, 3.05) is 12.8 Å². The van der Waals surface area contributed by atoms with Crippen LogP contribution in [0.25, 0.3) is 0 Å². The zero-order chi connectivity index (χ0) is 13.1. The Morgan fingerprint density at radius 2 is 2.00 bits per heavy atom. The van der Waals surface area contributed by atoms with Gasteiger partial charge in [0.1, 0.15) is 0 Å². The molecule has 0 aliphatic rings. The number of nitrogens with zero attached hydrogens (tertiary/aromatic N) is 1. The molecule has 17 heavy (non-hydrogen) atoms. The molecule has 0 bridgehead atoms. The normalized spacial score (nSPS) is 14.2. The van der Waals surface area contributed by atoms with Crippen molar-refractivity contribution in [3.8, 4) is 0 Å². The van der Waals surface area contributed by atoms with Crippen molar-refractivity contribution < 1.29 is 8.42 Å². The third kappa shape index (κ3) is 3.57. The van der Waals surface area contributed by atoms with Gasteiger partial charge in [0.25, 0.3) is 0 Å². The van der Waals surface area contributed by atoms with Crippen molar-refractivity contribution in [2.45, 2.75) is 38.6 Å². The first-order valence-corrected chi connectivity index (χ1v) is 7.64. The summed E-state index contributed by atoms with van der Waals surface area (Å²) in [6.07, 6.45) is 1.93. The van der Waals surface area contributed by atoms with Gasteiger partial charge >= 0.3 is 0 Å². The van der Waals surface area contributed by atoms with Crippen LogP contribution >= 0.6 is 0 Å². The maximum Gasteiger partial charge on any atom is 0.154 e. The predicted molar refractivity (Wildman–Crippen MR) is 70.8 cm³/mol. The first kappa shape index (κ1) is 14.3. The molecule has 1 rings (SSSR count). The summed E-state index contributed by atoms with van der Waals surface area (Å²) in [5.74, 6) is 0.197. The van der Waals surface area contributed by atoms with Crippen LogP contribution in [0.1, 0.15) is 32.5 Å². The molecule has 1 aromatic heterocycles. The van der Waals surface area contributed by atoms with Crippen LogP contribution in [0, 0.1) is 0 Å². The second kappa shape index (κ2) is 5.69. The number of nitrogens with one attached hydrogen (secondary N) is 1. The van der Waals surface area contributed by atoms with Crippen molar-refractivity contribution in [1.82, 2.24) is 9.88 Å². The van der Waals surface area contributed by atoms with Gasteiger partial charge in [-0.05, 0) is 40.0 Å². The molecule has 1 N–H and O–H groups in total. The van der Waals surface area contributed by atoms with Crippen molar-refractivity contribution in [3.05, 3.63) is 24.0 Å². The largest absolute Gasteiger partial charge is 0.349 e. The lowest BCUT2D eigenvalue weighted by atomic mass is 10.2. The fourth-order valence-electron chi connectivity index (χ4n) is 1.63. The standard InChI is InChI=1S/C12H22N2O2S/c1-10(2)17(15,16)9-8-14-7-5-6-12(14)11(3)13-4/h5-7,10-11,13H,8-9H2,1-4H3. The Morgan fingerprint density at radius 1 is 1.35 bits per heavy atom. The van der Waals surface area contributed by atoms with Crippen molar-refractivity contribution in [3.63, 3.8) is 0 Å². The van der Waals surface area contributed by atoms with Crippen LogP contribution < -0.4 is 5.32 Å². The SMILES string of the molecule is CNC(C)c1cccn1CCS(=O)(=O)C(C)C. The molecular formula is C12H22N2O2S. The van der Waals surface area contributed by atoms with Crippen LogP contribution in [-0.4, -0.2) is 31.0 Å². The third-order valence-corrected chi connectivity index (χ3v) is 5.26. The fraction of sp³-hybridized carbons (Fsp3) is 0.667. The zero-order valence-corrected chi connectivity index (χ0v) is 11.8. The molecule has 1 atom stereocenters. The highest BCUT2D eigenvalue weighted by molar-refractivity contribution is 7.91. The Kier molecular flexibility index (Phi) is 4.77. The average molecular weight is 258 g/mol. The molecule has 0 spiro atoms. The highest BCUT2D eigenvalue weighted by Crippen LogP contribution is 2.13. The van der Waals surface area contributed by atoms with Crippen LogP contribution in [0.15, 0.2) is 18.3 Å². The maximum absolute atomic E-state index is 11.7. The maximum atomic E-state index is 11.7. The smallest absolute Gasteiger partial charge is 0.154 e. The Labute approximate surface area is 104 Å². The first-order valence-electron chi connectivity index (χ1n) is 5.92. The van der Waals surface area contributed by atoms with Crippen LogP contribution in [-0.2, 0) is 16.4 Å². The van der Waals surface area contributed by atoms with Gasteiger partial charge < -0.3 is 9.88 Å². The number of sulfone groups is 1. The van der Waals surface area contributed by atoms with Gasteiger partial charge in [-0.15, -0.1) is 0 Å². The minimum absolute atomic E-state index is 0.197. The summed E-state index contributed by atoms with van der Waals surface area (Å²) in [6, 6.07) is 4.20. The van der Waals surface area contributed by atoms with Gasteiger partial charge in [0.2, 0.25) is 0 Å². The molecule has 0 aliphatic carbocycles. The van der Waals surface area contributed by atoms with E-state index in [4.69, 9.17) is 0 Å². The second-order valence-corrected chi connectivity index (χ2v) is 7.23. The molecule has 0 fully saturated rings. The number of hydrogen-bond acceptors (Lipinski definition) is 3. The number of aromatic nitrogens is 1. The highest BCUT2D eigenvalue weighted by Gasteiger charge is 2.17. The minimum atomic E-state index is -2.96. The third-order valence-electron chi connectivity index (χ3n) is 3.08. The van der Waals surface area contributed by atoms with Crippen molar-refractivity contribution in [2.24, 2.45) is 0 Å². The lowest BCUT2D eigenvalue weighted by Gasteiger charge is -2.15. The molecular weight excluding hydrogens is 236 g/mol. The minimum Gasteiger partial charge on any atom is -0.349 e. The second-order valence-electron chi connectivity index (χ2n) is 4.55. The van der Waals surface area contributed by atoms with Crippen LogP contribution in [0.4, 0.5) is 0 Å². The van der Waals surface area contributed by atoms with E-state index < -0.39 is 9.84 Å². The topological polar surface area (TPSA) is 51.1 Å². The van der Waals surface area contributed by atoms with E-state index in [2.05, 4.69) is 12.2 Å². The summed E-state index contributed by atoms with van der Waals surface area (Å²) in [6.45, 7) is 6.03. The molecule has 1 heterocycles. The predicted octanol–water partition coefficient (Wildman–Crippen LogP) is 1.59. The van der Waals surface area contributed by atoms with E-state index >= 15 is 0 Å². The number of rotatable bonds is 6. The number of aryl methyl sites for hydroxylation is 1. The molecule has 1 unspecified atom stereocenters. The van der Waals surface area contributed by atoms with E-state index in [1.54, 1.807) is 13.8 Å². The van der Waals surface area contributed by atoms with Crippen molar-refractivity contribution >= 4 is 9.84 Å². The first-order chi connectivity index (χ1) is 7.88. The highest BCUT2D eigenvalue weighted by atomic mass is 32.2. The zero-order valence-electron chi connectivity index (χ0n) is 11.0. The van der Waals surface area contributed by atoms with E-state index in [1.807, 2.05) is 29.9 Å². The Balaban J connectivity index is 2.74. The molecule has 0 aromatic carbocycles. The van der Waals surface area contributed by atoms with E-state index in [0.29, 0.717) is 6.54 Å². The van der Waals surface area contributed by atoms with Gasteiger partial charge in [0, 0.05) is 24.5 Å². The molecule has 0 aliphatic heterocycles. The molecule has 0 radical (unpaired) electrons. The Morgan fingerprint density at radius 3 is 2.53 bits per heavy atom. The van der Waals surface area contributed by atoms with Gasteiger partial charge in [0.15, 0.2) is 9.84 Å². The summed E-state index contributed by atoms with van der Waals surface area (Å²) >= 11 is 0. The summed E-state index contributed by atoms with van der Waals surface area (Å²) < 4.78 is 25.5. The summed E-state index contributed by atoms with van der Waals surface area (Å²) in [5, 5.41) is 2.85. The quantitative estimate of drug-likeness (QED) is 0.843. The molecule has 98 valence electrons. The molecule has 4 nitrogen and oxygen atoms in total. The van der Waals surface area contributed by atoms with E-state index in [-0.39, 0.29) is 17.0 Å². The van der Waals surface area contributed by atoms with Crippen LogP contribution in [0.3, 0.4) is 0 Å². The van der Waals surface area contributed by atoms with Gasteiger partial charge in [-0.2, -0.15) is 0 Å². The van der Waals surface area contributed by atoms with Gasteiger partial charge in [-0.25, -0.2) is 8.42 Å². The molecule has 0 saturated carbocycles. The summed E-state index contributed by atoms with van der Waals surface area (Å²) in [5.41, 5.74) is 1.12. The average Bonchev–Trinajstić information content (AvgIpc) is 2.73. The Bertz CT molecular complexity index is 449. The van der Waals surface area contributed by atoms with Crippen LogP contribution in [0.2, 0.25) is 0 Å². The van der Waals surface area contributed by atoms with Crippen molar-refractivity contribution in [1.29, 1.82) is 0 Å². The Hall–Kier alpha value is -0.810. The molecule has 0 saturated heterocycles. The number of hydrogen-bond donors (Lipinski definition) is 1. The lowest BCUT2D eigenvalue weighted by molar-refractivity contribution is 0.562. The lowest BCUT2D eigenvalue weighted by Crippen LogP contribution is -2.23. The van der Waals surface area contributed by atoms with E-state index in [0.717, 1.165) is 5.69 Å². The monoisotopic (exact) mass is 258 g/mol. The fourth-order valence-corrected chi connectivity index (χ4v) is 2.56. The molecule has 1 aromatic rings. The van der Waals surface area contributed by atoms with Gasteiger partial charge in [0.05, 0.1) is 11.0 Å². The van der Waals surface area contributed by atoms with E-state index in [9.17, 15) is 8.42 Å². The molecule has 5 heteroatoms. The molecule has 0 amide bonds. The van der Waals surface area contributed by atoms with Gasteiger partial charge in [-0.3, -0.25) is 0 Å². The van der Waals surface area contributed by atoms with Gasteiger partial charge in [-0.1, -0.05) is 0 Å².